The Balaban J connectivity index is 1.88. The third-order valence-electron chi connectivity index (χ3n) is 2.74. The van der Waals surface area contributed by atoms with E-state index in [1.807, 2.05) is 24.3 Å². The van der Waals surface area contributed by atoms with Crippen LogP contribution in [-0.4, -0.2) is 23.6 Å². The van der Waals surface area contributed by atoms with Gasteiger partial charge >= 0.3 is 0 Å². The first-order valence-electron chi connectivity index (χ1n) is 6.20. The van der Waals surface area contributed by atoms with Crippen LogP contribution in [0.15, 0.2) is 36.5 Å². The molecule has 2 aromatic rings. The highest BCUT2D eigenvalue weighted by atomic mass is 16.5. The molecule has 0 amide bonds. The SMILES string of the molecule is COc1cccc(CCNc2ccnc(CN)n2)c1. The Labute approximate surface area is 112 Å². The van der Waals surface area contributed by atoms with Gasteiger partial charge in [0.25, 0.3) is 0 Å². The number of nitrogens with zero attached hydrogens (tertiary/aromatic N) is 2. The molecule has 1 aromatic carbocycles. The molecule has 0 aliphatic heterocycles. The first-order chi connectivity index (χ1) is 9.31. The molecule has 5 heteroatoms. The zero-order chi connectivity index (χ0) is 13.5. The maximum absolute atomic E-state index is 5.50. The lowest BCUT2D eigenvalue weighted by Crippen LogP contribution is -2.09. The van der Waals surface area contributed by atoms with E-state index in [2.05, 4.69) is 21.4 Å². The quantitative estimate of drug-likeness (QED) is 0.823. The van der Waals surface area contributed by atoms with Crippen LogP contribution in [0.2, 0.25) is 0 Å². The topological polar surface area (TPSA) is 73.1 Å². The van der Waals surface area contributed by atoms with E-state index in [1.165, 1.54) is 5.56 Å². The van der Waals surface area contributed by atoms with Crippen molar-refractivity contribution in [2.45, 2.75) is 13.0 Å². The number of anilines is 1. The number of benzene rings is 1. The summed E-state index contributed by atoms with van der Waals surface area (Å²) in [5.74, 6) is 2.33. The van der Waals surface area contributed by atoms with Crippen LogP contribution in [0.5, 0.6) is 5.75 Å². The normalized spacial score (nSPS) is 10.2. The molecule has 2 rings (SSSR count). The Kier molecular flexibility index (Phi) is 4.69. The van der Waals surface area contributed by atoms with Crippen molar-refractivity contribution in [3.8, 4) is 5.75 Å². The Morgan fingerprint density at radius 1 is 1.32 bits per heavy atom. The summed E-state index contributed by atoms with van der Waals surface area (Å²) < 4.78 is 5.19. The van der Waals surface area contributed by atoms with Gasteiger partial charge in [0.2, 0.25) is 0 Å². The molecule has 0 fully saturated rings. The Bertz CT molecular complexity index is 483. The standard InChI is InChI=1S/C14H18N4O/c1-19-12-4-2-3-11(9-12)5-7-16-13-6-8-17-14(10-15)18-13/h2-4,6,8-9H,5,7,10,15H2,1H3,(H,16,17,18). The van der Waals surface area contributed by atoms with Gasteiger partial charge in [-0.05, 0) is 30.2 Å². The minimum atomic E-state index is 0.353. The van der Waals surface area contributed by atoms with E-state index in [-0.39, 0.29) is 0 Å². The molecule has 0 aliphatic rings. The van der Waals surface area contributed by atoms with Crippen LogP contribution in [0.1, 0.15) is 11.4 Å². The molecule has 0 unspecified atom stereocenters. The Morgan fingerprint density at radius 3 is 3.00 bits per heavy atom. The average Bonchev–Trinajstić information content (AvgIpc) is 2.48. The molecule has 1 aromatic heterocycles. The van der Waals surface area contributed by atoms with E-state index in [0.717, 1.165) is 24.5 Å². The van der Waals surface area contributed by atoms with E-state index in [4.69, 9.17) is 10.5 Å². The summed E-state index contributed by atoms with van der Waals surface area (Å²) in [4.78, 5) is 8.34. The first-order valence-corrected chi connectivity index (χ1v) is 6.20. The summed E-state index contributed by atoms with van der Waals surface area (Å²) in [6.07, 6.45) is 2.61. The number of methoxy groups -OCH3 is 1. The lowest BCUT2D eigenvalue weighted by molar-refractivity contribution is 0.414. The lowest BCUT2D eigenvalue weighted by atomic mass is 10.1. The van der Waals surface area contributed by atoms with Gasteiger partial charge in [-0.1, -0.05) is 12.1 Å². The van der Waals surface area contributed by atoms with Gasteiger partial charge in [0.05, 0.1) is 13.7 Å². The van der Waals surface area contributed by atoms with Crippen molar-refractivity contribution >= 4 is 5.82 Å². The van der Waals surface area contributed by atoms with Gasteiger partial charge < -0.3 is 15.8 Å². The fraction of sp³-hybridized carbons (Fsp3) is 0.286. The van der Waals surface area contributed by atoms with E-state index >= 15 is 0 Å². The van der Waals surface area contributed by atoms with Gasteiger partial charge in [-0.25, -0.2) is 9.97 Å². The number of ether oxygens (including phenoxy) is 1. The first kappa shape index (κ1) is 13.3. The van der Waals surface area contributed by atoms with Crippen molar-refractivity contribution in [3.05, 3.63) is 47.9 Å². The average molecular weight is 258 g/mol. The monoisotopic (exact) mass is 258 g/mol. The molecular weight excluding hydrogens is 240 g/mol. The molecule has 0 atom stereocenters. The summed E-state index contributed by atoms with van der Waals surface area (Å²) in [5, 5.41) is 3.26. The maximum atomic E-state index is 5.50. The van der Waals surface area contributed by atoms with Crippen LogP contribution in [0.3, 0.4) is 0 Å². The van der Waals surface area contributed by atoms with Crippen molar-refractivity contribution in [1.82, 2.24) is 9.97 Å². The number of rotatable bonds is 6. The lowest BCUT2D eigenvalue weighted by Gasteiger charge is -2.07. The van der Waals surface area contributed by atoms with Crippen molar-refractivity contribution in [2.24, 2.45) is 5.73 Å². The predicted molar refractivity (Wildman–Crippen MR) is 75.1 cm³/mol. The molecule has 100 valence electrons. The molecule has 19 heavy (non-hydrogen) atoms. The number of nitrogens with one attached hydrogen (secondary N) is 1. The van der Waals surface area contributed by atoms with Gasteiger partial charge in [0, 0.05) is 12.7 Å². The second-order valence-electron chi connectivity index (χ2n) is 4.09. The van der Waals surface area contributed by atoms with Gasteiger partial charge in [0.1, 0.15) is 17.4 Å². The molecule has 0 bridgehead atoms. The third-order valence-corrected chi connectivity index (χ3v) is 2.74. The van der Waals surface area contributed by atoms with Gasteiger partial charge in [-0.2, -0.15) is 0 Å². The number of hydrogen-bond donors (Lipinski definition) is 2. The maximum Gasteiger partial charge on any atom is 0.144 e. The second kappa shape index (κ2) is 6.70. The fourth-order valence-electron chi connectivity index (χ4n) is 1.76. The molecule has 0 aliphatic carbocycles. The minimum Gasteiger partial charge on any atom is -0.497 e. The molecule has 0 saturated heterocycles. The summed E-state index contributed by atoms with van der Waals surface area (Å²) in [7, 11) is 1.67. The van der Waals surface area contributed by atoms with Crippen molar-refractivity contribution in [3.63, 3.8) is 0 Å². The molecule has 0 spiro atoms. The van der Waals surface area contributed by atoms with E-state index in [9.17, 15) is 0 Å². The minimum absolute atomic E-state index is 0.353. The molecule has 5 nitrogen and oxygen atoms in total. The molecule has 0 saturated carbocycles. The third kappa shape index (κ3) is 3.93. The predicted octanol–water partition coefficient (Wildman–Crippen LogP) is 1.60. The summed E-state index contributed by atoms with van der Waals surface area (Å²) >= 11 is 0. The van der Waals surface area contributed by atoms with Crippen molar-refractivity contribution in [2.75, 3.05) is 19.0 Å². The van der Waals surface area contributed by atoms with Gasteiger partial charge in [0.15, 0.2) is 0 Å². The largest absolute Gasteiger partial charge is 0.497 e. The molecule has 1 heterocycles. The van der Waals surface area contributed by atoms with Crippen LogP contribution in [0.4, 0.5) is 5.82 Å². The smallest absolute Gasteiger partial charge is 0.144 e. The van der Waals surface area contributed by atoms with Crippen LogP contribution < -0.4 is 15.8 Å². The van der Waals surface area contributed by atoms with Gasteiger partial charge in [-0.3, -0.25) is 0 Å². The van der Waals surface area contributed by atoms with Crippen LogP contribution >= 0.6 is 0 Å². The Hall–Kier alpha value is -2.14. The summed E-state index contributed by atoms with van der Waals surface area (Å²) in [5.41, 5.74) is 6.73. The highest BCUT2D eigenvalue weighted by molar-refractivity contribution is 5.34. The molecular formula is C14H18N4O. The zero-order valence-corrected chi connectivity index (χ0v) is 11.0. The fourth-order valence-corrected chi connectivity index (χ4v) is 1.76. The van der Waals surface area contributed by atoms with Crippen LogP contribution in [0, 0.1) is 0 Å². The Morgan fingerprint density at radius 2 is 2.21 bits per heavy atom. The molecule has 0 radical (unpaired) electrons. The number of aromatic nitrogens is 2. The number of nitrogens with two attached hydrogens (primary N) is 1. The van der Waals surface area contributed by atoms with Crippen LogP contribution in [0.25, 0.3) is 0 Å². The van der Waals surface area contributed by atoms with E-state index < -0.39 is 0 Å². The summed E-state index contributed by atoms with van der Waals surface area (Å²) in [6.45, 7) is 1.15. The van der Waals surface area contributed by atoms with Gasteiger partial charge in [-0.15, -0.1) is 0 Å². The van der Waals surface area contributed by atoms with Crippen molar-refractivity contribution < 1.29 is 4.74 Å². The molecule has 3 N–H and O–H groups in total. The van der Waals surface area contributed by atoms with Crippen molar-refractivity contribution in [1.29, 1.82) is 0 Å². The second-order valence-corrected chi connectivity index (χ2v) is 4.09. The van der Waals surface area contributed by atoms with Crippen LogP contribution in [-0.2, 0) is 13.0 Å². The van der Waals surface area contributed by atoms with E-state index in [1.54, 1.807) is 13.3 Å². The number of hydrogen-bond acceptors (Lipinski definition) is 5. The highest BCUT2D eigenvalue weighted by Gasteiger charge is 1.99. The highest BCUT2D eigenvalue weighted by Crippen LogP contribution is 2.13. The zero-order valence-electron chi connectivity index (χ0n) is 11.0. The van der Waals surface area contributed by atoms with E-state index in [0.29, 0.717) is 12.4 Å². The summed E-state index contributed by atoms with van der Waals surface area (Å²) in [6, 6.07) is 9.88.